The zero-order chi connectivity index (χ0) is 13.7. The Morgan fingerprint density at radius 2 is 2.16 bits per heavy atom. The van der Waals surface area contributed by atoms with Gasteiger partial charge >= 0.3 is 0 Å². The fraction of sp³-hybridized carbons (Fsp3) is 0.429. The lowest BCUT2D eigenvalue weighted by Gasteiger charge is -2.06. The van der Waals surface area contributed by atoms with Crippen LogP contribution in [0.25, 0.3) is 0 Å². The Hall–Kier alpha value is -1.88. The van der Waals surface area contributed by atoms with Gasteiger partial charge in [0.05, 0.1) is 6.42 Å². The van der Waals surface area contributed by atoms with Gasteiger partial charge in [0.1, 0.15) is 0 Å². The number of carbonyl (C=O) groups excluding carboxylic acids is 2. The number of anilines is 1. The molecule has 0 radical (unpaired) electrons. The SMILES string of the molecule is O=C1Cc2ccc(C(=O)NCCCCCO)cc2N1. The first-order chi connectivity index (χ1) is 9.20. The normalized spacial score (nSPS) is 13.0. The van der Waals surface area contributed by atoms with Crippen molar-refractivity contribution in [3.8, 4) is 0 Å². The summed E-state index contributed by atoms with van der Waals surface area (Å²) < 4.78 is 0. The number of nitrogens with one attached hydrogen (secondary N) is 2. The molecule has 2 amide bonds. The fourth-order valence-corrected chi connectivity index (χ4v) is 2.07. The molecule has 1 aliphatic rings. The molecule has 102 valence electrons. The Morgan fingerprint density at radius 1 is 1.32 bits per heavy atom. The highest BCUT2D eigenvalue weighted by Crippen LogP contribution is 2.23. The maximum absolute atomic E-state index is 11.9. The highest BCUT2D eigenvalue weighted by molar-refractivity contribution is 6.02. The van der Waals surface area contributed by atoms with E-state index in [1.165, 1.54) is 0 Å². The van der Waals surface area contributed by atoms with Crippen LogP contribution in [-0.2, 0) is 11.2 Å². The molecule has 0 saturated carbocycles. The summed E-state index contributed by atoms with van der Waals surface area (Å²) >= 11 is 0. The molecule has 5 nitrogen and oxygen atoms in total. The summed E-state index contributed by atoms with van der Waals surface area (Å²) in [7, 11) is 0. The van der Waals surface area contributed by atoms with Crippen molar-refractivity contribution in [1.82, 2.24) is 5.32 Å². The van der Waals surface area contributed by atoms with Crippen LogP contribution in [0.1, 0.15) is 35.2 Å². The van der Waals surface area contributed by atoms with E-state index in [0.717, 1.165) is 30.5 Å². The quantitative estimate of drug-likeness (QED) is 0.671. The molecule has 0 aromatic heterocycles. The molecule has 1 heterocycles. The van der Waals surface area contributed by atoms with Crippen molar-refractivity contribution in [2.45, 2.75) is 25.7 Å². The van der Waals surface area contributed by atoms with Gasteiger partial charge in [0, 0.05) is 24.4 Å². The number of aliphatic hydroxyl groups is 1. The zero-order valence-corrected chi connectivity index (χ0v) is 10.7. The molecule has 1 aromatic rings. The average molecular weight is 262 g/mol. The maximum Gasteiger partial charge on any atom is 0.251 e. The summed E-state index contributed by atoms with van der Waals surface area (Å²) in [5.41, 5.74) is 2.23. The molecule has 19 heavy (non-hydrogen) atoms. The van der Waals surface area contributed by atoms with Crippen molar-refractivity contribution in [1.29, 1.82) is 0 Å². The van der Waals surface area contributed by atoms with E-state index in [2.05, 4.69) is 10.6 Å². The van der Waals surface area contributed by atoms with Gasteiger partial charge in [0.25, 0.3) is 5.91 Å². The zero-order valence-electron chi connectivity index (χ0n) is 10.7. The van der Waals surface area contributed by atoms with E-state index in [-0.39, 0.29) is 18.4 Å². The largest absolute Gasteiger partial charge is 0.396 e. The first-order valence-corrected chi connectivity index (χ1v) is 6.52. The van der Waals surface area contributed by atoms with Gasteiger partial charge in [-0.05, 0) is 37.0 Å². The Kier molecular flexibility index (Phi) is 4.52. The summed E-state index contributed by atoms with van der Waals surface area (Å²) in [6.45, 7) is 0.792. The van der Waals surface area contributed by atoms with Crippen LogP contribution in [0.4, 0.5) is 5.69 Å². The van der Waals surface area contributed by atoms with Crippen LogP contribution in [0, 0.1) is 0 Å². The number of amides is 2. The number of benzene rings is 1. The third-order valence-corrected chi connectivity index (χ3v) is 3.12. The molecule has 0 unspecified atom stereocenters. The molecule has 0 fully saturated rings. The fourth-order valence-electron chi connectivity index (χ4n) is 2.07. The Balaban J connectivity index is 1.86. The molecule has 1 aliphatic heterocycles. The van der Waals surface area contributed by atoms with E-state index < -0.39 is 0 Å². The molecule has 5 heteroatoms. The number of unbranched alkanes of at least 4 members (excludes halogenated alkanes) is 2. The van der Waals surface area contributed by atoms with E-state index in [4.69, 9.17) is 5.11 Å². The van der Waals surface area contributed by atoms with E-state index in [1.54, 1.807) is 12.1 Å². The van der Waals surface area contributed by atoms with Crippen LogP contribution in [-0.4, -0.2) is 30.1 Å². The molecule has 0 saturated heterocycles. The number of hydrogen-bond donors (Lipinski definition) is 3. The third-order valence-electron chi connectivity index (χ3n) is 3.12. The van der Waals surface area contributed by atoms with E-state index in [1.807, 2.05) is 6.07 Å². The van der Waals surface area contributed by atoms with Crippen molar-refractivity contribution in [2.75, 3.05) is 18.5 Å². The predicted octanol–water partition coefficient (Wildman–Crippen LogP) is 1.07. The highest BCUT2D eigenvalue weighted by Gasteiger charge is 2.18. The summed E-state index contributed by atoms with van der Waals surface area (Å²) in [5.74, 6) is -0.162. The second-order valence-corrected chi connectivity index (χ2v) is 4.64. The Labute approximate surface area is 112 Å². The number of hydrogen-bond acceptors (Lipinski definition) is 3. The lowest BCUT2D eigenvalue weighted by molar-refractivity contribution is -0.115. The van der Waals surface area contributed by atoms with E-state index >= 15 is 0 Å². The number of carbonyl (C=O) groups is 2. The third kappa shape index (κ3) is 3.54. The van der Waals surface area contributed by atoms with Gasteiger partial charge < -0.3 is 15.7 Å². The molecule has 3 N–H and O–H groups in total. The second-order valence-electron chi connectivity index (χ2n) is 4.64. The van der Waals surface area contributed by atoms with Gasteiger partial charge in [-0.15, -0.1) is 0 Å². The Morgan fingerprint density at radius 3 is 2.95 bits per heavy atom. The maximum atomic E-state index is 11.9. The minimum atomic E-state index is -0.132. The van der Waals surface area contributed by atoms with Gasteiger partial charge in [0.15, 0.2) is 0 Å². The summed E-state index contributed by atoms with van der Waals surface area (Å²) in [6.07, 6.45) is 2.91. The Bertz CT molecular complexity index is 486. The lowest BCUT2D eigenvalue weighted by Crippen LogP contribution is -2.24. The number of rotatable bonds is 6. The monoisotopic (exact) mass is 262 g/mol. The molecular weight excluding hydrogens is 244 g/mol. The molecular formula is C14H18N2O3. The molecule has 1 aromatic carbocycles. The standard InChI is InChI=1S/C14H18N2O3/c17-7-3-1-2-6-15-14(19)11-5-4-10-9-13(18)16-12(10)8-11/h4-5,8,17H,1-3,6-7,9H2,(H,15,19)(H,16,18). The molecule has 0 atom stereocenters. The van der Waals surface area contributed by atoms with Crippen LogP contribution in [0.2, 0.25) is 0 Å². The van der Waals surface area contributed by atoms with Crippen molar-refractivity contribution >= 4 is 17.5 Å². The van der Waals surface area contributed by atoms with Crippen LogP contribution in [0.3, 0.4) is 0 Å². The summed E-state index contributed by atoms with van der Waals surface area (Å²) in [4.78, 5) is 23.1. The number of aliphatic hydroxyl groups excluding tert-OH is 1. The lowest BCUT2D eigenvalue weighted by atomic mass is 10.1. The molecule has 2 rings (SSSR count). The van der Waals surface area contributed by atoms with Crippen molar-refractivity contribution in [3.63, 3.8) is 0 Å². The van der Waals surface area contributed by atoms with Crippen LogP contribution in [0.15, 0.2) is 18.2 Å². The van der Waals surface area contributed by atoms with Crippen LogP contribution >= 0.6 is 0 Å². The minimum Gasteiger partial charge on any atom is -0.396 e. The van der Waals surface area contributed by atoms with Crippen molar-refractivity contribution in [3.05, 3.63) is 29.3 Å². The average Bonchev–Trinajstić information content (AvgIpc) is 2.77. The smallest absolute Gasteiger partial charge is 0.251 e. The van der Waals surface area contributed by atoms with Crippen LogP contribution in [0.5, 0.6) is 0 Å². The van der Waals surface area contributed by atoms with E-state index in [0.29, 0.717) is 18.5 Å². The van der Waals surface area contributed by atoms with Crippen molar-refractivity contribution < 1.29 is 14.7 Å². The second kappa shape index (κ2) is 6.33. The highest BCUT2D eigenvalue weighted by atomic mass is 16.3. The van der Waals surface area contributed by atoms with Gasteiger partial charge in [0.2, 0.25) is 5.91 Å². The minimum absolute atomic E-state index is 0.0310. The summed E-state index contributed by atoms with van der Waals surface area (Å²) in [5, 5.41) is 14.2. The summed E-state index contributed by atoms with van der Waals surface area (Å²) in [6, 6.07) is 5.26. The van der Waals surface area contributed by atoms with Crippen LogP contribution < -0.4 is 10.6 Å². The number of fused-ring (bicyclic) bond motifs is 1. The van der Waals surface area contributed by atoms with Gasteiger partial charge in [-0.2, -0.15) is 0 Å². The predicted molar refractivity (Wildman–Crippen MR) is 72.0 cm³/mol. The topological polar surface area (TPSA) is 78.4 Å². The molecule has 0 spiro atoms. The van der Waals surface area contributed by atoms with Gasteiger partial charge in [-0.25, -0.2) is 0 Å². The van der Waals surface area contributed by atoms with E-state index in [9.17, 15) is 9.59 Å². The first-order valence-electron chi connectivity index (χ1n) is 6.52. The van der Waals surface area contributed by atoms with Gasteiger partial charge in [-0.3, -0.25) is 9.59 Å². The molecule has 0 aliphatic carbocycles. The van der Waals surface area contributed by atoms with Crippen molar-refractivity contribution in [2.24, 2.45) is 0 Å². The molecule has 0 bridgehead atoms. The van der Waals surface area contributed by atoms with Gasteiger partial charge in [-0.1, -0.05) is 6.07 Å². The first kappa shape index (κ1) is 13.5.